The Labute approximate surface area is 162 Å². The molecule has 27 heavy (non-hydrogen) atoms. The topological polar surface area (TPSA) is 81.7 Å². The molecule has 0 unspecified atom stereocenters. The average Bonchev–Trinajstić information content (AvgIpc) is 3.06. The molecule has 1 amide bonds. The van der Waals surface area contributed by atoms with Crippen LogP contribution < -0.4 is 10.1 Å². The molecule has 0 aliphatic carbocycles. The lowest BCUT2D eigenvalue weighted by atomic mass is 10.1. The molecule has 2 rings (SSSR count). The number of esters is 1. The Balaban J connectivity index is 1.82. The van der Waals surface area contributed by atoms with Crippen molar-refractivity contribution >= 4 is 29.0 Å². The van der Waals surface area contributed by atoms with Crippen LogP contribution in [0, 0.1) is 20.8 Å². The second-order valence-corrected chi connectivity index (χ2v) is 7.44. The van der Waals surface area contributed by atoms with Crippen LogP contribution in [-0.4, -0.2) is 30.9 Å². The molecule has 0 radical (unpaired) electrons. The Morgan fingerprint density at radius 2 is 1.70 bits per heavy atom. The van der Waals surface area contributed by atoms with Gasteiger partial charge in [-0.05, 0) is 44.0 Å². The van der Waals surface area contributed by atoms with Gasteiger partial charge in [0.2, 0.25) is 11.7 Å². The monoisotopic (exact) mass is 389 g/mol. The first kappa shape index (κ1) is 20.6. The first-order valence-corrected chi connectivity index (χ1v) is 9.30. The van der Waals surface area contributed by atoms with E-state index in [4.69, 9.17) is 9.47 Å². The highest BCUT2D eigenvalue weighted by atomic mass is 32.1. The summed E-state index contributed by atoms with van der Waals surface area (Å²) in [5.41, 5.74) is 3.02. The number of amides is 1. The van der Waals surface area contributed by atoms with Gasteiger partial charge in [-0.3, -0.25) is 9.59 Å². The summed E-state index contributed by atoms with van der Waals surface area (Å²) in [5, 5.41) is 2.67. The molecule has 1 aromatic carbocycles. The Bertz CT molecular complexity index is 833. The van der Waals surface area contributed by atoms with Crippen molar-refractivity contribution in [1.29, 1.82) is 0 Å². The maximum Gasteiger partial charge on any atom is 0.344 e. The number of nitrogens with one attached hydrogen (secondary N) is 1. The van der Waals surface area contributed by atoms with Crippen molar-refractivity contribution in [2.75, 3.05) is 13.2 Å². The van der Waals surface area contributed by atoms with E-state index >= 15 is 0 Å². The molecule has 0 saturated heterocycles. The van der Waals surface area contributed by atoms with Crippen molar-refractivity contribution in [3.63, 3.8) is 0 Å². The minimum absolute atomic E-state index is 0.135. The molecule has 0 saturated carbocycles. The molecule has 2 aromatic rings. The molecule has 1 aromatic heterocycles. The largest absolute Gasteiger partial charge is 0.481 e. The number of rotatable bonds is 8. The van der Waals surface area contributed by atoms with Gasteiger partial charge in [0.25, 0.3) is 0 Å². The third kappa shape index (κ3) is 6.21. The second kappa shape index (κ2) is 9.32. The minimum atomic E-state index is -0.599. The summed E-state index contributed by atoms with van der Waals surface area (Å²) in [6.45, 7) is 7.04. The van der Waals surface area contributed by atoms with Gasteiger partial charge in [-0.1, -0.05) is 17.7 Å². The predicted molar refractivity (Wildman–Crippen MR) is 103 cm³/mol. The number of thiophene rings is 1. The van der Waals surface area contributed by atoms with E-state index in [0.717, 1.165) is 21.6 Å². The molecular formula is C20H23NO5S. The highest BCUT2D eigenvalue weighted by Crippen LogP contribution is 2.24. The normalized spacial score (nSPS) is 10.4. The third-order valence-corrected chi connectivity index (χ3v) is 4.88. The Morgan fingerprint density at radius 1 is 1.04 bits per heavy atom. The van der Waals surface area contributed by atoms with Crippen LogP contribution in [0.3, 0.4) is 0 Å². The number of ketones is 1. The van der Waals surface area contributed by atoms with Crippen molar-refractivity contribution in [3.05, 3.63) is 50.7 Å². The van der Waals surface area contributed by atoms with Gasteiger partial charge in [0.15, 0.2) is 13.2 Å². The Hall–Kier alpha value is -2.67. The maximum absolute atomic E-state index is 12.1. The van der Waals surface area contributed by atoms with Crippen molar-refractivity contribution in [2.24, 2.45) is 0 Å². The smallest absolute Gasteiger partial charge is 0.344 e. The molecule has 7 heteroatoms. The van der Waals surface area contributed by atoms with E-state index < -0.39 is 5.97 Å². The zero-order chi connectivity index (χ0) is 20.0. The lowest BCUT2D eigenvalue weighted by molar-refractivity contribution is -0.144. The summed E-state index contributed by atoms with van der Waals surface area (Å²) in [4.78, 5) is 36.3. The number of aryl methyl sites for hydroxylation is 3. The van der Waals surface area contributed by atoms with Gasteiger partial charge in [-0.15, -0.1) is 11.3 Å². The maximum atomic E-state index is 12.1. The SMILES string of the molecule is CC(=O)NCc1ccc(C(=O)COC(=O)COc2c(C)cc(C)cc2C)s1. The summed E-state index contributed by atoms with van der Waals surface area (Å²) >= 11 is 1.26. The van der Waals surface area contributed by atoms with E-state index in [1.807, 2.05) is 32.9 Å². The lowest BCUT2D eigenvalue weighted by Gasteiger charge is -2.12. The molecule has 144 valence electrons. The van der Waals surface area contributed by atoms with E-state index in [9.17, 15) is 14.4 Å². The number of Topliss-reactive ketones (excluding diaryl/α,β-unsaturated/α-hetero) is 1. The summed E-state index contributed by atoms with van der Waals surface area (Å²) in [6, 6.07) is 7.38. The van der Waals surface area contributed by atoms with Gasteiger partial charge in [0.05, 0.1) is 11.4 Å². The quantitative estimate of drug-likeness (QED) is 0.554. The molecule has 1 heterocycles. The summed E-state index contributed by atoms with van der Waals surface area (Å²) < 4.78 is 10.6. The van der Waals surface area contributed by atoms with Gasteiger partial charge in [-0.25, -0.2) is 4.79 Å². The molecule has 0 bridgehead atoms. The second-order valence-electron chi connectivity index (χ2n) is 6.28. The number of carbonyl (C=O) groups excluding carboxylic acids is 3. The molecule has 0 fully saturated rings. The van der Waals surface area contributed by atoms with Crippen molar-refractivity contribution in [2.45, 2.75) is 34.2 Å². The molecule has 1 N–H and O–H groups in total. The number of benzene rings is 1. The molecular weight excluding hydrogens is 366 g/mol. The summed E-state index contributed by atoms with van der Waals surface area (Å²) in [6.07, 6.45) is 0. The van der Waals surface area contributed by atoms with Crippen LogP contribution >= 0.6 is 11.3 Å². The first-order valence-electron chi connectivity index (χ1n) is 8.49. The zero-order valence-electron chi connectivity index (χ0n) is 15.9. The zero-order valence-corrected chi connectivity index (χ0v) is 16.7. The number of ether oxygens (including phenoxy) is 2. The fraction of sp³-hybridized carbons (Fsp3) is 0.350. The number of hydrogen-bond acceptors (Lipinski definition) is 6. The van der Waals surface area contributed by atoms with Crippen LogP contribution in [0.25, 0.3) is 0 Å². The van der Waals surface area contributed by atoms with Gasteiger partial charge >= 0.3 is 5.97 Å². The Morgan fingerprint density at radius 3 is 2.33 bits per heavy atom. The summed E-state index contributed by atoms with van der Waals surface area (Å²) in [5.74, 6) is -0.364. The minimum Gasteiger partial charge on any atom is -0.481 e. The Kier molecular flexibility index (Phi) is 7.12. The highest BCUT2D eigenvalue weighted by Gasteiger charge is 2.14. The van der Waals surface area contributed by atoms with Gasteiger partial charge in [0.1, 0.15) is 5.75 Å². The van der Waals surface area contributed by atoms with Crippen molar-refractivity contribution in [1.82, 2.24) is 5.32 Å². The molecule has 6 nitrogen and oxygen atoms in total. The summed E-state index contributed by atoms with van der Waals surface area (Å²) in [7, 11) is 0. The van der Waals surface area contributed by atoms with E-state index in [1.54, 1.807) is 12.1 Å². The third-order valence-electron chi connectivity index (χ3n) is 3.75. The van der Waals surface area contributed by atoms with Gasteiger partial charge in [-0.2, -0.15) is 0 Å². The van der Waals surface area contributed by atoms with Crippen LogP contribution in [0.15, 0.2) is 24.3 Å². The van der Waals surface area contributed by atoms with Crippen LogP contribution in [0.2, 0.25) is 0 Å². The van der Waals surface area contributed by atoms with E-state index in [0.29, 0.717) is 17.2 Å². The standard InChI is InChI=1S/C20H23NO5S/c1-12-7-13(2)20(14(3)8-12)26-11-19(24)25-10-17(23)18-6-5-16(27-18)9-21-15(4)22/h5-8H,9-11H2,1-4H3,(H,21,22). The fourth-order valence-corrected chi connectivity index (χ4v) is 3.49. The van der Waals surface area contributed by atoms with E-state index in [2.05, 4.69) is 5.32 Å². The fourth-order valence-electron chi connectivity index (χ4n) is 2.62. The average molecular weight is 389 g/mol. The highest BCUT2D eigenvalue weighted by molar-refractivity contribution is 7.14. The van der Waals surface area contributed by atoms with Gasteiger partial charge < -0.3 is 14.8 Å². The van der Waals surface area contributed by atoms with E-state index in [1.165, 1.54) is 18.3 Å². The number of hydrogen-bond donors (Lipinski definition) is 1. The van der Waals surface area contributed by atoms with Crippen molar-refractivity contribution in [3.8, 4) is 5.75 Å². The van der Waals surface area contributed by atoms with E-state index in [-0.39, 0.29) is 24.9 Å². The lowest BCUT2D eigenvalue weighted by Crippen LogP contribution is -2.19. The van der Waals surface area contributed by atoms with Crippen molar-refractivity contribution < 1.29 is 23.9 Å². The molecule has 0 spiro atoms. The molecule has 0 aliphatic heterocycles. The molecule has 0 atom stereocenters. The number of carbonyl (C=O) groups is 3. The van der Waals surface area contributed by atoms with Gasteiger partial charge in [0, 0.05) is 11.8 Å². The van der Waals surface area contributed by atoms with Crippen LogP contribution in [0.4, 0.5) is 0 Å². The van der Waals surface area contributed by atoms with Crippen LogP contribution in [-0.2, 0) is 20.9 Å². The predicted octanol–water partition coefficient (Wildman–Crippen LogP) is 3.11. The van der Waals surface area contributed by atoms with Crippen LogP contribution in [0.1, 0.15) is 38.2 Å². The van der Waals surface area contributed by atoms with Crippen LogP contribution in [0.5, 0.6) is 5.75 Å². The first-order chi connectivity index (χ1) is 12.8. The molecule has 0 aliphatic rings.